The Morgan fingerprint density at radius 1 is 1.43 bits per heavy atom. The topological polar surface area (TPSA) is 46.2 Å². The van der Waals surface area contributed by atoms with E-state index in [1.807, 2.05) is 0 Å². The molecule has 0 unspecified atom stereocenters. The van der Waals surface area contributed by atoms with Gasteiger partial charge in [-0.3, -0.25) is 0 Å². The molecule has 0 saturated carbocycles. The molecule has 0 radical (unpaired) electrons. The molecule has 4 heteroatoms. The van der Waals surface area contributed by atoms with E-state index in [-0.39, 0.29) is 6.04 Å². The molecule has 0 rings (SSSR count). The van der Waals surface area contributed by atoms with Crippen LogP contribution in [0.5, 0.6) is 0 Å². The van der Waals surface area contributed by atoms with E-state index in [1.165, 1.54) is 0 Å². The molecule has 0 heterocycles. The lowest BCUT2D eigenvalue weighted by Crippen LogP contribution is -2.19. The van der Waals surface area contributed by atoms with Gasteiger partial charge >= 0.3 is 0 Å². The third-order valence-corrected chi connectivity index (χ3v) is 1.09. The van der Waals surface area contributed by atoms with E-state index < -0.39 is 10.9 Å². The maximum absolute atomic E-state index is 9.74. The Morgan fingerprint density at radius 3 is 1.86 bits per heavy atom. The van der Waals surface area contributed by atoms with Crippen LogP contribution in [0.25, 0.3) is 0 Å². The summed E-state index contributed by atoms with van der Waals surface area (Å²) >= 11 is 0. The molecule has 44 valence electrons. The SMILES string of the molecule is CC(C)N[SH](=O)=O. The summed E-state index contributed by atoms with van der Waals surface area (Å²) < 4.78 is 21.7. The van der Waals surface area contributed by atoms with E-state index in [0.717, 1.165) is 0 Å². The lowest BCUT2D eigenvalue weighted by molar-refractivity contribution is 0.590. The fraction of sp³-hybridized carbons (Fsp3) is 1.00. The summed E-state index contributed by atoms with van der Waals surface area (Å²) in [5, 5.41) is 0. The number of thiol groups is 1. The van der Waals surface area contributed by atoms with E-state index in [9.17, 15) is 8.42 Å². The molecule has 0 aliphatic carbocycles. The Kier molecular flexibility index (Phi) is 2.95. The molecule has 0 aliphatic heterocycles. The Bertz CT molecular complexity index is 99.5. The molecule has 0 spiro atoms. The molecule has 0 aromatic heterocycles. The smallest absolute Gasteiger partial charge is 0.201 e. The summed E-state index contributed by atoms with van der Waals surface area (Å²) in [5.74, 6) is 0. The van der Waals surface area contributed by atoms with Gasteiger partial charge in [0, 0.05) is 6.04 Å². The van der Waals surface area contributed by atoms with Gasteiger partial charge in [0.1, 0.15) is 0 Å². The van der Waals surface area contributed by atoms with Crippen molar-refractivity contribution in [1.29, 1.82) is 0 Å². The van der Waals surface area contributed by atoms with Crippen LogP contribution in [0.15, 0.2) is 0 Å². The highest BCUT2D eigenvalue weighted by molar-refractivity contribution is 7.70. The average Bonchev–Trinajstić information content (AvgIpc) is 1.27. The van der Waals surface area contributed by atoms with Crippen molar-refractivity contribution in [2.75, 3.05) is 0 Å². The van der Waals surface area contributed by atoms with Crippen molar-refractivity contribution >= 4 is 10.9 Å². The van der Waals surface area contributed by atoms with Crippen LogP contribution in [-0.2, 0) is 10.9 Å². The zero-order valence-corrected chi connectivity index (χ0v) is 5.24. The third-order valence-electron chi connectivity index (χ3n) is 0.364. The van der Waals surface area contributed by atoms with Crippen LogP contribution in [0.1, 0.15) is 13.8 Å². The minimum absolute atomic E-state index is 0.0288. The predicted molar refractivity (Wildman–Crippen MR) is 28.6 cm³/mol. The fourth-order valence-electron chi connectivity index (χ4n) is 0.211. The maximum Gasteiger partial charge on any atom is 0.201 e. The van der Waals surface area contributed by atoms with E-state index in [0.29, 0.717) is 0 Å². The summed E-state index contributed by atoms with van der Waals surface area (Å²) in [6.45, 7) is 3.54. The number of nitrogens with one attached hydrogen (secondary N) is 1. The first-order valence-electron chi connectivity index (χ1n) is 2.03. The minimum atomic E-state index is -2.39. The number of hydrogen-bond donors (Lipinski definition) is 2. The van der Waals surface area contributed by atoms with Gasteiger partial charge in [-0.25, -0.2) is 13.1 Å². The minimum Gasteiger partial charge on any atom is -0.216 e. The molecular formula is C3H9NO2S. The Morgan fingerprint density at radius 2 is 1.86 bits per heavy atom. The average molecular weight is 123 g/mol. The van der Waals surface area contributed by atoms with Crippen molar-refractivity contribution in [3.05, 3.63) is 0 Å². The molecule has 0 fully saturated rings. The molecule has 7 heavy (non-hydrogen) atoms. The number of rotatable bonds is 2. The first-order valence-corrected chi connectivity index (χ1v) is 3.21. The summed E-state index contributed by atoms with van der Waals surface area (Å²) in [7, 11) is -2.39. The lowest BCUT2D eigenvalue weighted by Gasteiger charge is -1.95. The molecule has 0 amide bonds. The molecule has 0 atom stereocenters. The molecule has 0 aromatic rings. The van der Waals surface area contributed by atoms with E-state index >= 15 is 0 Å². The van der Waals surface area contributed by atoms with Crippen LogP contribution in [0.3, 0.4) is 0 Å². The van der Waals surface area contributed by atoms with Crippen molar-refractivity contribution in [2.45, 2.75) is 19.9 Å². The number of hydrogen-bond acceptors (Lipinski definition) is 2. The second-order valence-corrected chi connectivity index (χ2v) is 2.31. The van der Waals surface area contributed by atoms with Gasteiger partial charge in [-0.05, 0) is 13.8 Å². The van der Waals surface area contributed by atoms with E-state index in [1.54, 1.807) is 13.8 Å². The van der Waals surface area contributed by atoms with E-state index in [4.69, 9.17) is 0 Å². The molecular weight excluding hydrogens is 114 g/mol. The van der Waals surface area contributed by atoms with Crippen LogP contribution in [0.4, 0.5) is 0 Å². The van der Waals surface area contributed by atoms with Gasteiger partial charge in [0.05, 0.1) is 0 Å². The Hall–Kier alpha value is -0.0900. The molecule has 0 bridgehead atoms. The fourth-order valence-corrected chi connectivity index (χ4v) is 0.632. The van der Waals surface area contributed by atoms with Gasteiger partial charge < -0.3 is 0 Å². The highest BCUT2D eigenvalue weighted by atomic mass is 32.2. The molecule has 0 saturated heterocycles. The first kappa shape index (κ1) is 6.91. The molecule has 0 aliphatic rings. The van der Waals surface area contributed by atoms with Gasteiger partial charge in [-0.2, -0.15) is 0 Å². The monoisotopic (exact) mass is 123 g/mol. The Labute approximate surface area is 44.8 Å². The van der Waals surface area contributed by atoms with Crippen molar-refractivity contribution in [2.24, 2.45) is 0 Å². The summed E-state index contributed by atoms with van der Waals surface area (Å²) in [6, 6.07) is 0.0288. The zero-order chi connectivity index (χ0) is 5.86. The highest BCUT2D eigenvalue weighted by Crippen LogP contribution is 1.71. The van der Waals surface area contributed by atoms with Gasteiger partial charge in [0.25, 0.3) is 0 Å². The standard InChI is InChI=1S/C3H9NO2S/c1-3(2)4-7(5)6/h3,7H,1-2H3,(H,4,5,6). The van der Waals surface area contributed by atoms with Crippen LogP contribution in [0, 0.1) is 0 Å². The van der Waals surface area contributed by atoms with Gasteiger partial charge in [0.15, 0.2) is 0 Å². The maximum atomic E-state index is 9.74. The molecule has 3 nitrogen and oxygen atoms in total. The first-order chi connectivity index (χ1) is 3.13. The summed E-state index contributed by atoms with van der Waals surface area (Å²) in [6.07, 6.45) is 0. The quantitative estimate of drug-likeness (QED) is 0.487. The van der Waals surface area contributed by atoms with Gasteiger partial charge in [0.2, 0.25) is 10.9 Å². The van der Waals surface area contributed by atoms with Crippen molar-refractivity contribution in [1.82, 2.24) is 4.72 Å². The van der Waals surface area contributed by atoms with E-state index in [2.05, 4.69) is 4.72 Å². The molecule has 0 aromatic carbocycles. The highest BCUT2D eigenvalue weighted by Gasteiger charge is 1.87. The second-order valence-electron chi connectivity index (χ2n) is 1.54. The Balaban J connectivity index is 3.32. The van der Waals surface area contributed by atoms with Crippen LogP contribution in [0.2, 0.25) is 0 Å². The van der Waals surface area contributed by atoms with Crippen LogP contribution in [-0.4, -0.2) is 14.5 Å². The van der Waals surface area contributed by atoms with Crippen molar-refractivity contribution < 1.29 is 8.42 Å². The summed E-state index contributed by atoms with van der Waals surface area (Å²) in [5.41, 5.74) is 0. The zero-order valence-electron chi connectivity index (χ0n) is 4.34. The van der Waals surface area contributed by atoms with Crippen molar-refractivity contribution in [3.63, 3.8) is 0 Å². The van der Waals surface area contributed by atoms with Crippen molar-refractivity contribution in [3.8, 4) is 0 Å². The summed E-state index contributed by atoms with van der Waals surface area (Å²) in [4.78, 5) is 0. The van der Waals surface area contributed by atoms with Gasteiger partial charge in [-0.15, -0.1) is 0 Å². The third kappa shape index (κ3) is 5.91. The normalized spacial score (nSPS) is 10.9. The largest absolute Gasteiger partial charge is 0.216 e. The van der Waals surface area contributed by atoms with Gasteiger partial charge in [-0.1, -0.05) is 0 Å². The molecule has 1 N–H and O–H groups in total. The lowest BCUT2D eigenvalue weighted by atomic mass is 10.4. The van der Waals surface area contributed by atoms with Crippen LogP contribution >= 0.6 is 0 Å². The predicted octanol–water partition coefficient (Wildman–Crippen LogP) is -0.489. The second kappa shape index (κ2) is 2.98. The van der Waals surface area contributed by atoms with Crippen LogP contribution < -0.4 is 4.72 Å².